The normalized spacial score (nSPS) is 24.8. The second kappa shape index (κ2) is 8.37. The van der Waals surface area contributed by atoms with E-state index < -0.39 is 30.1 Å². The van der Waals surface area contributed by atoms with Crippen molar-refractivity contribution in [2.24, 2.45) is 11.8 Å². The Hall–Kier alpha value is -3.80. The number of amides is 1. The quantitative estimate of drug-likeness (QED) is 0.437. The maximum atomic E-state index is 13.7. The van der Waals surface area contributed by atoms with Gasteiger partial charge in [0.1, 0.15) is 17.7 Å². The molecule has 1 aliphatic carbocycles. The Morgan fingerprint density at radius 1 is 1.14 bits per heavy atom. The van der Waals surface area contributed by atoms with Gasteiger partial charge in [0.25, 0.3) is 6.43 Å². The van der Waals surface area contributed by atoms with Gasteiger partial charge in [-0.15, -0.1) is 5.10 Å². The van der Waals surface area contributed by atoms with Crippen molar-refractivity contribution < 1.29 is 22.7 Å². The molecule has 12 heteroatoms. The number of rotatable bonds is 5. The zero-order valence-corrected chi connectivity index (χ0v) is 19.5. The van der Waals surface area contributed by atoms with Crippen LogP contribution in [0.25, 0.3) is 27.8 Å². The molecule has 1 amide bonds. The van der Waals surface area contributed by atoms with Gasteiger partial charge in [-0.3, -0.25) is 9.78 Å². The number of hydrogen-bond donors (Lipinski definition) is 1. The van der Waals surface area contributed by atoms with E-state index in [2.05, 4.69) is 30.3 Å². The van der Waals surface area contributed by atoms with Crippen LogP contribution in [0.2, 0.25) is 0 Å². The first kappa shape index (κ1) is 22.4. The predicted molar refractivity (Wildman–Crippen MR) is 128 cm³/mol. The van der Waals surface area contributed by atoms with Crippen LogP contribution in [0.15, 0.2) is 36.8 Å². The SMILES string of the molecule is O=C(Nc1cc2c(-c3nc4ccc(N5CC6COC(C6)C5)cn4n3)cnc(C(F)F)c2cn1)[C@@H]1C[C@@H]1F. The molecule has 2 unspecified atom stereocenters. The van der Waals surface area contributed by atoms with Crippen molar-refractivity contribution in [3.05, 3.63) is 42.5 Å². The van der Waals surface area contributed by atoms with Crippen LogP contribution in [0.5, 0.6) is 0 Å². The molecular weight excluding hydrogens is 487 g/mol. The minimum absolute atomic E-state index is 0.128. The van der Waals surface area contributed by atoms with Crippen LogP contribution < -0.4 is 10.2 Å². The number of piperidine rings is 1. The second-order valence-electron chi connectivity index (χ2n) is 9.91. The maximum absolute atomic E-state index is 13.7. The number of hydrogen-bond acceptors (Lipinski definition) is 7. The molecule has 37 heavy (non-hydrogen) atoms. The fourth-order valence-electron chi connectivity index (χ4n) is 5.28. The molecule has 7 rings (SSSR count). The molecule has 0 aromatic carbocycles. The van der Waals surface area contributed by atoms with Crippen molar-refractivity contribution in [3.8, 4) is 11.4 Å². The Labute approximate surface area is 208 Å². The minimum Gasteiger partial charge on any atom is -0.376 e. The summed E-state index contributed by atoms with van der Waals surface area (Å²) in [5.41, 5.74) is 1.58. The number of ether oxygens (including phenoxy) is 1. The highest BCUT2D eigenvalue weighted by Crippen LogP contribution is 2.36. The molecule has 2 saturated heterocycles. The van der Waals surface area contributed by atoms with Crippen LogP contribution in [0.1, 0.15) is 25.0 Å². The van der Waals surface area contributed by atoms with E-state index >= 15 is 0 Å². The molecule has 2 aliphatic heterocycles. The predicted octanol–water partition coefficient (Wildman–Crippen LogP) is 3.80. The van der Waals surface area contributed by atoms with E-state index in [1.165, 1.54) is 18.5 Å². The van der Waals surface area contributed by atoms with Gasteiger partial charge in [0.2, 0.25) is 5.91 Å². The van der Waals surface area contributed by atoms with Gasteiger partial charge in [0, 0.05) is 47.7 Å². The van der Waals surface area contributed by atoms with E-state index in [4.69, 9.17) is 4.74 Å². The summed E-state index contributed by atoms with van der Waals surface area (Å²) in [7, 11) is 0. The fourth-order valence-corrected chi connectivity index (χ4v) is 5.28. The van der Waals surface area contributed by atoms with Crippen LogP contribution in [0.4, 0.5) is 24.7 Å². The third kappa shape index (κ3) is 3.95. The molecule has 2 bridgehead atoms. The third-order valence-corrected chi connectivity index (χ3v) is 7.30. The van der Waals surface area contributed by atoms with E-state index in [-0.39, 0.29) is 23.7 Å². The zero-order chi connectivity index (χ0) is 25.3. The first-order valence-corrected chi connectivity index (χ1v) is 12.2. The molecule has 0 radical (unpaired) electrons. The molecular formula is C25H22F3N7O2. The number of nitrogens with one attached hydrogen (secondary N) is 1. The first-order valence-electron chi connectivity index (χ1n) is 12.2. The number of nitrogens with zero attached hydrogens (tertiary/aromatic N) is 6. The van der Waals surface area contributed by atoms with Crippen molar-refractivity contribution in [3.63, 3.8) is 0 Å². The van der Waals surface area contributed by atoms with E-state index in [0.29, 0.717) is 28.3 Å². The average Bonchev–Trinajstić information content (AvgIpc) is 3.33. The summed E-state index contributed by atoms with van der Waals surface area (Å²) in [6, 6.07) is 5.33. The summed E-state index contributed by atoms with van der Waals surface area (Å²) in [5.74, 6) is -0.240. The summed E-state index contributed by atoms with van der Waals surface area (Å²) in [5, 5.41) is 7.69. The number of carbonyl (C=O) groups is 1. The lowest BCUT2D eigenvalue weighted by Gasteiger charge is -2.31. The zero-order valence-electron chi connectivity index (χ0n) is 19.5. The van der Waals surface area contributed by atoms with Gasteiger partial charge in [-0.25, -0.2) is 27.7 Å². The van der Waals surface area contributed by atoms with E-state index in [0.717, 1.165) is 31.8 Å². The topological polar surface area (TPSA) is 97.5 Å². The molecule has 4 aromatic heterocycles. The van der Waals surface area contributed by atoms with Crippen LogP contribution in [0.3, 0.4) is 0 Å². The van der Waals surface area contributed by atoms with Gasteiger partial charge in [-0.05, 0) is 31.0 Å². The Kier molecular flexibility index (Phi) is 5.07. The van der Waals surface area contributed by atoms with Crippen LogP contribution in [0, 0.1) is 11.8 Å². The molecule has 6 heterocycles. The standard InChI is InChI=1S/C25H22F3N7O2/c26-19-4-16(19)25(36)31-20-5-15-17(6-29-20)22(23(27)28)30-7-18(15)24-32-21-2-1-13(9-35(21)33-24)34-8-12-3-14(10-34)37-11-12/h1-2,5-7,9,12,14,16,19,23H,3-4,8,10-11H2,(H,29,31,36)/t12?,14?,16-,19+/m1/s1. The number of fused-ring (bicyclic) bond motifs is 4. The number of pyridine rings is 3. The molecule has 4 aromatic rings. The lowest BCUT2D eigenvalue weighted by Crippen LogP contribution is -2.39. The fraction of sp³-hybridized carbons (Fsp3) is 0.400. The third-order valence-electron chi connectivity index (χ3n) is 7.30. The first-order chi connectivity index (χ1) is 17.9. The largest absolute Gasteiger partial charge is 0.376 e. The smallest absolute Gasteiger partial charge is 0.281 e. The summed E-state index contributed by atoms with van der Waals surface area (Å²) in [4.78, 5) is 27.2. The molecule has 4 atom stereocenters. The molecule has 3 aliphatic rings. The number of carbonyl (C=O) groups excluding carboxylic acids is 1. The maximum Gasteiger partial charge on any atom is 0.281 e. The number of halogens is 3. The molecule has 9 nitrogen and oxygen atoms in total. The van der Waals surface area contributed by atoms with Gasteiger partial charge in [-0.2, -0.15) is 0 Å². The Morgan fingerprint density at radius 3 is 2.78 bits per heavy atom. The average molecular weight is 509 g/mol. The van der Waals surface area contributed by atoms with Crippen LogP contribution in [-0.4, -0.2) is 62.4 Å². The second-order valence-corrected chi connectivity index (χ2v) is 9.91. The van der Waals surface area contributed by atoms with Crippen molar-refractivity contribution >= 4 is 33.8 Å². The summed E-state index contributed by atoms with van der Waals surface area (Å²) >= 11 is 0. The van der Waals surface area contributed by atoms with Crippen molar-refractivity contribution in [2.75, 3.05) is 29.9 Å². The Morgan fingerprint density at radius 2 is 2.00 bits per heavy atom. The summed E-state index contributed by atoms with van der Waals surface area (Å²) < 4.78 is 48.2. The summed E-state index contributed by atoms with van der Waals surface area (Å²) in [6.07, 6.45) is 1.97. The monoisotopic (exact) mass is 509 g/mol. The lowest BCUT2D eigenvalue weighted by molar-refractivity contribution is -0.117. The number of aromatic nitrogens is 5. The lowest BCUT2D eigenvalue weighted by atomic mass is 10.00. The van der Waals surface area contributed by atoms with Crippen LogP contribution >= 0.6 is 0 Å². The van der Waals surface area contributed by atoms with E-state index in [9.17, 15) is 18.0 Å². The van der Waals surface area contributed by atoms with Gasteiger partial charge < -0.3 is 15.0 Å². The highest BCUT2D eigenvalue weighted by Gasteiger charge is 2.43. The Bertz CT molecular complexity index is 1530. The van der Waals surface area contributed by atoms with Gasteiger partial charge in [-0.1, -0.05) is 0 Å². The van der Waals surface area contributed by atoms with Crippen LogP contribution in [-0.2, 0) is 9.53 Å². The van der Waals surface area contributed by atoms with Gasteiger partial charge in [0.15, 0.2) is 11.5 Å². The van der Waals surface area contributed by atoms with Crippen molar-refractivity contribution in [2.45, 2.75) is 31.5 Å². The number of anilines is 2. The van der Waals surface area contributed by atoms with E-state index in [1.54, 1.807) is 4.52 Å². The van der Waals surface area contributed by atoms with Gasteiger partial charge in [0.05, 0.1) is 30.5 Å². The van der Waals surface area contributed by atoms with Crippen molar-refractivity contribution in [1.82, 2.24) is 24.6 Å². The highest BCUT2D eigenvalue weighted by atomic mass is 19.3. The van der Waals surface area contributed by atoms with Gasteiger partial charge >= 0.3 is 0 Å². The highest BCUT2D eigenvalue weighted by molar-refractivity contribution is 6.00. The molecule has 1 N–H and O–H groups in total. The molecule has 3 fully saturated rings. The summed E-state index contributed by atoms with van der Waals surface area (Å²) in [6.45, 7) is 2.52. The van der Waals surface area contributed by atoms with E-state index in [1.807, 2.05) is 18.3 Å². The van der Waals surface area contributed by atoms with Crippen molar-refractivity contribution in [1.29, 1.82) is 0 Å². The number of alkyl halides is 3. The molecule has 190 valence electrons. The molecule has 1 saturated carbocycles. The molecule has 0 spiro atoms. The minimum atomic E-state index is -2.82. The Balaban J connectivity index is 1.27.